The largest absolute Gasteiger partial charge is 0.461 e. The Hall–Kier alpha value is -1.48. The van der Waals surface area contributed by atoms with Crippen molar-refractivity contribution in [2.75, 3.05) is 0 Å². The minimum atomic E-state index is -0.138. The van der Waals surface area contributed by atoms with E-state index in [2.05, 4.69) is 12.6 Å². The maximum atomic E-state index is 11.8. The Bertz CT molecular complexity index is 446. The van der Waals surface area contributed by atoms with Crippen molar-refractivity contribution in [2.24, 2.45) is 0 Å². The monoisotopic (exact) mass is 204 g/mol. The summed E-state index contributed by atoms with van der Waals surface area (Å²) in [4.78, 5) is 12.4. The summed E-state index contributed by atoms with van der Waals surface area (Å²) in [5, 5.41) is 0. The van der Waals surface area contributed by atoms with Gasteiger partial charge in [-0.25, -0.2) is 0 Å². The summed E-state index contributed by atoms with van der Waals surface area (Å²) in [6.45, 7) is 0. The van der Waals surface area contributed by atoms with E-state index < -0.39 is 0 Å². The molecule has 0 aliphatic heterocycles. The van der Waals surface area contributed by atoms with Gasteiger partial charge in [0.1, 0.15) is 0 Å². The van der Waals surface area contributed by atoms with Crippen molar-refractivity contribution < 1.29 is 9.21 Å². The van der Waals surface area contributed by atoms with Crippen molar-refractivity contribution in [3.8, 4) is 0 Å². The zero-order valence-electron chi connectivity index (χ0n) is 7.31. The smallest absolute Gasteiger partial charge is 0.229 e. The number of furan rings is 1. The molecule has 2 aromatic rings. The molecular weight excluding hydrogens is 196 g/mol. The third-order valence-corrected chi connectivity index (χ3v) is 2.28. The minimum absolute atomic E-state index is 0.138. The maximum Gasteiger partial charge on any atom is 0.229 e. The summed E-state index contributed by atoms with van der Waals surface area (Å²) in [5.41, 5.74) is 0.561. The Morgan fingerprint density at radius 2 is 1.93 bits per heavy atom. The second-order valence-electron chi connectivity index (χ2n) is 2.82. The fraction of sp³-hybridized carbons (Fsp3) is 0. The maximum absolute atomic E-state index is 11.8. The summed E-state index contributed by atoms with van der Waals surface area (Å²) < 4.78 is 5.02. The van der Waals surface area contributed by atoms with Crippen LogP contribution in [0.3, 0.4) is 0 Å². The zero-order valence-corrected chi connectivity index (χ0v) is 8.20. The molecular formula is C11H8O2S. The molecule has 2 rings (SSSR count). The van der Waals surface area contributed by atoms with Crippen molar-refractivity contribution in [3.63, 3.8) is 0 Å². The standard InChI is InChI=1S/C11H8O2S/c12-11(9-5-3-7-13-9)8-4-1-2-6-10(8)14/h1-7,14H. The van der Waals surface area contributed by atoms with Crippen molar-refractivity contribution in [3.05, 3.63) is 54.0 Å². The van der Waals surface area contributed by atoms with Gasteiger partial charge in [-0.15, -0.1) is 12.6 Å². The van der Waals surface area contributed by atoms with Crippen LogP contribution in [0, 0.1) is 0 Å². The Kier molecular flexibility index (Phi) is 2.41. The molecule has 0 atom stereocenters. The molecule has 0 N–H and O–H groups in total. The van der Waals surface area contributed by atoms with Crippen LogP contribution in [0.1, 0.15) is 16.1 Å². The molecule has 0 aliphatic carbocycles. The third-order valence-electron chi connectivity index (χ3n) is 1.89. The first kappa shape index (κ1) is 9.09. The highest BCUT2D eigenvalue weighted by Crippen LogP contribution is 2.17. The highest BCUT2D eigenvalue weighted by atomic mass is 32.1. The molecule has 14 heavy (non-hydrogen) atoms. The molecule has 0 spiro atoms. The van der Waals surface area contributed by atoms with Gasteiger partial charge in [0, 0.05) is 10.5 Å². The molecule has 70 valence electrons. The first-order chi connectivity index (χ1) is 6.79. The first-order valence-corrected chi connectivity index (χ1v) is 4.60. The van der Waals surface area contributed by atoms with Gasteiger partial charge in [-0.1, -0.05) is 12.1 Å². The van der Waals surface area contributed by atoms with Gasteiger partial charge in [0.25, 0.3) is 0 Å². The van der Waals surface area contributed by atoms with Gasteiger partial charge in [0.05, 0.1) is 6.26 Å². The van der Waals surface area contributed by atoms with E-state index in [0.29, 0.717) is 16.2 Å². The number of ketones is 1. The van der Waals surface area contributed by atoms with Gasteiger partial charge < -0.3 is 4.42 Å². The van der Waals surface area contributed by atoms with Crippen LogP contribution < -0.4 is 0 Å². The Morgan fingerprint density at radius 1 is 1.14 bits per heavy atom. The van der Waals surface area contributed by atoms with Crippen molar-refractivity contribution in [2.45, 2.75) is 4.90 Å². The van der Waals surface area contributed by atoms with Crippen LogP contribution in [0.2, 0.25) is 0 Å². The molecule has 2 nitrogen and oxygen atoms in total. The molecule has 3 heteroatoms. The SMILES string of the molecule is O=C(c1ccco1)c1ccccc1S. The molecule has 0 fully saturated rings. The number of benzene rings is 1. The Balaban J connectivity index is 2.42. The lowest BCUT2D eigenvalue weighted by Crippen LogP contribution is -2.00. The van der Waals surface area contributed by atoms with Crippen molar-refractivity contribution >= 4 is 18.4 Å². The quantitative estimate of drug-likeness (QED) is 0.602. The molecule has 1 aromatic heterocycles. The van der Waals surface area contributed by atoms with Crippen LogP contribution in [0.4, 0.5) is 0 Å². The van der Waals surface area contributed by atoms with Gasteiger partial charge in [0.2, 0.25) is 5.78 Å². The highest BCUT2D eigenvalue weighted by molar-refractivity contribution is 7.80. The Morgan fingerprint density at radius 3 is 2.57 bits per heavy atom. The van der Waals surface area contributed by atoms with E-state index in [-0.39, 0.29) is 5.78 Å². The molecule has 0 aliphatic rings. The van der Waals surface area contributed by atoms with Crippen molar-refractivity contribution in [1.29, 1.82) is 0 Å². The van der Waals surface area contributed by atoms with Gasteiger partial charge in [-0.05, 0) is 24.3 Å². The predicted octanol–water partition coefficient (Wildman–Crippen LogP) is 2.80. The van der Waals surface area contributed by atoms with Gasteiger partial charge in [-0.2, -0.15) is 0 Å². The van der Waals surface area contributed by atoms with E-state index in [1.54, 1.807) is 30.3 Å². The predicted molar refractivity (Wildman–Crippen MR) is 55.8 cm³/mol. The molecule has 0 amide bonds. The van der Waals surface area contributed by atoms with E-state index in [9.17, 15) is 4.79 Å². The number of hydrogen-bond donors (Lipinski definition) is 1. The van der Waals surface area contributed by atoms with Gasteiger partial charge >= 0.3 is 0 Å². The van der Waals surface area contributed by atoms with Crippen LogP contribution in [0.15, 0.2) is 52.0 Å². The first-order valence-electron chi connectivity index (χ1n) is 4.15. The summed E-state index contributed by atoms with van der Waals surface area (Å²) in [7, 11) is 0. The molecule has 1 heterocycles. The lowest BCUT2D eigenvalue weighted by molar-refractivity contribution is 0.101. The summed E-state index contributed by atoms with van der Waals surface area (Å²) in [5.74, 6) is 0.201. The fourth-order valence-corrected chi connectivity index (χ4v) is 1.47. The van der Waals surface area contributed by atoms with Crippen molar-refractivity contribution in [1.82, 2.24) is 0 Å². The summed E-state index contributed by atoms with van der Waals surface area (Å²) >= 11 is 4.21. The van der Waals surface area contributed by atoms with Crippen LogP contribution in [0.5, 0.6) is 0 Å². The average molecular weight is 204 g/mol. The lowest BCUT2D eigenvalue weighted by atomic mass is 10.1. The second-order valence-corrected chi connectivity index (χ2v) is 3.31. The van der Waals surface area contributed by atoms with E-state index in [1.165, 1.54) is 6.26 Å². The zero-order chi connectivity index (χ0) is 9.97. The van der Waals surface area contributed by atoms with Crippen LogP contribution in [-0.2, 0) is 0 Å². The molecule has 1 aromatic carbocycles. The number of carbonyl (C=O) groups excluding carboxylic acids is 1. The highest BCUT2D eigenvalue weighted by Gasteiger charge is 2.13. The number of carbonyl (C=O) groups is 1. The number of thiol groups is 1. The lowest BCUT2D eigenvalue weighted by Gasteiger charge is -2.00. The van der Waals surface area contributed by atoms with Crippen LogP contribution >= 0.6 is 12.6 Å². The molecule has 0 radical (unpaired) electrons. The van der Waals surface area contributed by atoms with Gasteiger partial charge in [0.15, 0.2) is 5.76 Å². The molecule has 0 unspecified atom stereocenters. The third kappa shape index (κ3) is 1.59. The summed E-state index contributed by atoms with van der Waals surface area (Å²) in [6.07, 6.45) is 1.48. The fourth-order valence-electron chi connectivity index (χ4n) is 1.21. The Labute approximate surface area is 87.0 Å². The molecule has 0 bridgehead atoms. The van der Waals surface area contributed by atoms with Gasteiger partial charge in [-0.3, -0.25) is 4.79 Å². The number of rotatable bonds is 2. The summed E-state index contributed by atoms with van der Waals surface area (Å²) in [6, 6.07) is 10.5. The van der Waals surface area contributed by atoms with E-state index in [0.717, 1.165) is 0 Å². The molecule has 0 saturated carbocycles. The van der Waals surface area contributed by atoms with E-state index in [4.69, 9.17) is 4.42 Å². The van der Waals surface area contributed by atoms with E-state index >= 15 is 0 Å². The minimum Gasteiger partial charge on any atom is -0.461 e. The van der Waals surface area contributed by atoms with Crippen LogP contribution in [0.25, 0.3) is 0 Å². The van der Waals surface area contributed by atoms with E-state index in [1.807, 2.05) is 6.07 Å². The average Bonchev–Trinajstić information content (AvgIpc) is 2.70. The normalized spacial score (nSPS) is 10.1. The second kappa shape index (κ2) is 3.72. The number of hydrogen-bond acceptors (Lipinski definition) is 3. The molecule has 0 saturated heterocycles. The topological polar surface area (TPSA) is 30.2 Å². The van der Waals surface area contributed by atoms with Crippen LogP contribution in [-0.4, -0.2) is 5.78 Å².